The van der Waals surface area contributed by atoms with Crippen LogP contribution in [0.15, 0.2) is 24.3 Å². The predicted octanol–water partition coefficient (Wildman–Crippen LogP) is 2.55. The largest absolute Gasteiger partial charge is 0.352 e. The molecule has 162 valence electrons. The van der Waals surface area contributed by atoms with Crippen LogP contribution in [-0.4, -0.2) is 67.3 Å². The van der Waals surface area contributed by atoms with Gasteiger partial charge in [0.15, 0.2) is 5.78 Å². The lowest BCUT2D eigenvalue weighted by Crippen LogP contribution is -2.54. The number of carbonyl (C=O) groups is 2. The molecule has 0 aliphatic carbocycles. The maximum absolute atomic E-state index is 12.4. The Kier molecular flexibility index (Phi) is 7.27. The summed E-state index contributed by atoms with van der Waals surface area (Å²) in [6.07, 6.45) is 2.19. The summed E-state index contributed by atoms with van der Waals surface area (Å²) in [5, 5.41) is 11.8. The quantitative estimate of drug-likeness (QED) is 0.699. The summed E-state index contributed by atoms with van der Waals surface area (Å²) in [5.41, 5.74) is 0.885. The molecule has 1 N–H and O–H groups in total. The molecular weight excluding hydrogens is 376 g/mol. The van der Waals surface area contributed by atoms with Crippen LogP contribution in [0.1, 0.15) is 49.5 Å². The van der Waals surface area contributed by atoms with E-state index in [0.717, 1.165) is 39.1 Å². The number of benzene rings is 1. The minimum Gasteiger partial charge on any atom is -0.352 e. The second kappa shape index (κ2) is 9.72. The fourth-order valence-corrected chi connectivity index (χ4v) is 4.55. The molecule has 0 saturated carbocycles. The minimum atomic E-state index is -0.263. The number of amides is 1. The molecule has 6 heteroatoms. The molecule has 2 unspecified atom stereocenters. The Morgan fingerprint density at radius 1 is 1.07 bits per heavy atom. The zero-order valence-electron chi connectivity index (χ0n) is 18.5. The van der Waals surface area contributed by atoms with Crippen LogP contribution in [0.2, 0.25) is 0 Å². The van der Waals surface area contributed by atoms with E-state index in [1.54, 1.807) is 24.3 Å². The van der Waals surface area contributed by atoms with E-state index in [9.17, 15) is 9.59 Å². The number of hydrogen-bond donors (Lipinski definition) is 1. The highest BCUT2D eigenvalue weighted by Crippen LogP contribution is 2.29. The summed E-state index contributed by atoms with van der Waals surface area (Å²) in [6.45, 7) is 12.4. The zero-order chi connectivity index (χ0) is 21.7. The van der Waals surface area contributed by atoms with E-state index in [4.69, 9.17) is 5.26 Å². The van der Waals surface area contributed by atoms with Crippen molar-refractivity contribution in [3.8, 4) is 6.07 Å². The first kappa shape index (κ1) is 22.5. The molecule has 2 atom stereocenters. The van der Waals surface area contributed by atoms with Crippen LogP contribution >= 0.6 is 0 Å². The van der Waals surface area contributed by atoms with Crippen molar-refractivity contribution in [2.45, 2.75) is 33.6 Å². The van der Waals surface area contributed by atoms with Gasteiger partial charge in [0.25, 0.3) is 5.91 Å². The molecule has 0 spiro atoms. The van der Waals surface area contributed by atoms with E-state index in [1.165, 1.54) is 6.42 Å². The van der Waals surface area contributed by atoms with Crippen molar-refractivity contribution in [3.05, 3.63) is 35.4 Å². The summed E-state index contributed by atoms with van der Waals surface area (Å²) < 4.78 is 0. The Morgan fingerprint density at radius 3 is 2.23 bits per heavy atom. The van der Waals surface area contributed by atoms with Gasteiger partial charge in [0.1, 0.15) is 0 Å². The van der Waals surface area contributed by atoms with Gasteiger partial charge in [0.05, 0.1) is 18.2 Å². The normalized spacial score (nSPS) is 22.3. The Labute approximate surface area is 180 Å². The highest BCUT2D eigenvalue weighted by molar-refractivity contribution is 5.94. The van der Waals surface area contributed by atoms with Crippen molar-refractivity contribution in [2.24, 2.45) is 17.3 Å². The van der Waals surface area contributed by atoms with Crippen LogP contribution in [0.5, 0.6) is 0 Å². The SMILES string of the molecule is CC(C)(C)C(=O)CN1CC2CC(CN(CCCNC(=O)c3ccc(C#N)cc3)C2)C1. The van der Waals surface area contributed by atoms with Crippen molar-refractivity contribution < 1.29 is 9.59 Å². The molecule has 2 aliphatic heterocycles. The van der Waals surface area contributed by atoms with Gasteiger partial charge >= 0.3 is 0 Å². The Balaban J connectivity index is 1.38. The number of rotatable bonds is 7. The Morgan fingerprint density at radius 2 is 1.67 bits per heavy atom. The Bertz CT molecular complexity index is 777. The molecular formula is C24H34N4O2. The first-order valence-electron chi connectivity index (χ1n) is 11.0. The number of nitriles is 1. The number of hydrogen-bond acceptors (Lipinski definition) is 5. The van der Waals surface area contributed by atoms with Gasteiger partial charge in [-0.3, -0.25) is 14.5 Å². The van der Waals surface area contributed by atoms with Gasteiger partial charge in [-0.25, -0.2) is 0 Å². The topological polar surface area (TPSA) is 76.4 Å². The number of ketones is 1. The third-order valence-corrected chi connectivity index (χ3v) is 6.15. The van der Waals surface area contributed by atoms with Crippen molar-refractivity contribution in [3.63, 3.8) is 0 Å². The summed E-state index contributed by atoms with van der Waals surface area (Å²) >= 11 is 0. The molecule has 1 aromatic rings. The van der Waals surface area contributed by atoms with Crippen LogP contribution < -0.4 is 5.32 Å². The maximum Gasteiger partial charge on any atom is 0.251 e. The van der Waals surface area contributed by atoms with Gasteiger partial charge in [0.2, 0.25) is 0 Å². The van der Waals surface area contributed by atoms with E-state index in [0.29, 0.717) is 41.8 Å². The van der Waals surface area contributed by atoms with E-state index in [2.05, 4.69) is 21.2 Å². The van der Waals surface area contributed by atoms with Crippen LogP contribution in [0.25, 0.3) is 0 Å². The average molecular weight is 411 g/mol. The van der Waals surface area contributed by atoms with Crippen LogP contribution in [0, 0.1) is 28.6 Å². The monoisotopic (exact) mass is 410 g/mol. The lowest BCUT2D eigenvalue weighted by Gasteiger charge is -2.46. The molecule has 30 heavy (non-hydrogen) atoms. The van der Waals surface area contributed by atoms with Crippen LogP contribution in [-0.2, 0) is 4.79 Å². The number of likely N-dealkylation sites (tertiary alicyclic amines) is 2. The zero-order valence-corrected chi connectivity index (χ0v) is 18.5. The molecule has 0 aromatic heterocycles. The van der Waals surface area contributed by atoms with E-state index in [-0.39, 0.29) is 11.3 Å². The fraction of sp³-hybridized carbons (Fsp3) is 0.625. The second-order valence-corrected chi connectivity index (χ2v) is 9.89. The summed E-state index contributed by atoms with van der Waals surface area (Å²) in [6, 6.07) is 8.77. The lowest BCUT2D eigenvalue weighted by molar-refractivity contribution is -0.128. The fourth-order valence-electron chi connectivity index (χ4n) is 4.55. The van der Waals surface area contributed by atoms with Gasteiger partial charge < -0.3 is 10.2 Å². The number of nitrogens with one attached hydrogen (secondary N) is 1. The molecule has 2 fully saturated rings. The highest BCUT2D eigenvalue weighted by Gasteiger charge is 2.35. The molecule has 3 rings (SSSR count). The third-order valence-electron chi connectivity index (χ3n) is 6.15. The molecule has 6 nitrogen and oxygen atoms in total. The first-order valence-corrected chi connectivity index (χ1v) is 11.0. The standard InChI is InChI=1S/C24H34N4O2/c1-24(2,3)22(29)17-28-15-19-11-20(16-28)14-27(13-19)10-4-9-26-23(30)21-7-5-18(12-25)6-8-21/h5-8,19-20H,4,9-11,13-17H2,1-3H3,(H,26,30). The van der Waals surface area contributed by atoms with Gasteiger partial charge in [0, 0.05) is 43.7 Å². The molecule has 0 radical (unpaired) electrons. The van der Waals surface area contributed by atoms with E-state index >= 15 is 0 Å². The first-order chi connectivity index (χ1) is 14.2. The molecule has 1 amide bonds. The Hall–Kier alpha value is -2.23. The van der Waals surface area contributed by atoms with Gasteiger partial charge in [-0.05, 0) is 55.5 Å². The van der Waals surface area contributed by atoms with Crippen molar-refractivity contribution in [1.82, 2.24) is 15.1 Å². The molecule has 1 aromatic carbocycles. The van der Waals surface area contributed by atoms with Crippen molar-refractivity contribution in [2.75, 3.05) is 45.8 Å². The maximum atomic E-state index is 12.4. The molecule has 2 heterocycles. The highest BCUT2D eigenvalue weighted by atomic mass is 16.1. The minimum absolute atomic E-state index is 0.0887. The second-order valence-electron chi connectivity index (χ2n) is 9.89. The molecule has 2 saturated heterocycles. The number of Topliss-reactive ketones (excluding diaryl/α,β-unsaturated/α-hetero) is 1. The number of carbonyl (C=O) groups excluding carboxylic acids is 2. The average Bonchev–Trinajstić information content (AvgIpc) is 2.69. The van der Waals surface area contributed by atoms with Crippen molar-refractivity contribution in [1.29, 1.82) is 5.26 Å². The van der Waals surface area contributed by atoms with E-state index in [1.807, 2.05) is 20.8 Å². The number of nitrogens with zero attached hydrogens (tertiary/aromatic N) is 3. The number of fused-ring (bicyclic) bond motifs is 2. The van der Waals surface area contributed by atoms with Crippen molar-refractivity contribution >= 4 is 11.7 Å². The summed E-state index contributed by atoms with van der Waals surface area (Å²) in [4.78, 5) is 29.5. The third kappa shape index (κ3) is 6.13. The smallest absolute Gasteiger partial charge is 0.251 e. The van der Waals surface area contributed by atoms with Gasteiger partial charge in [-0.2, -0.15) is 5.26 Å². The summed E-state index contributed by atoms with van der Waals surface area (Å²) in [7, 11) is 0. The number of piperidine rings is 2. The predicted molar refractivity (Wildman–Crippen MR) is 117 cm³/mol. The molecule has 2 bridgehead atoms. The van der Waals surface area contributed by atoms with Crippen LogP contribution in [0.4, 0.5) is 0 Å². The van der Waals surface area contributed by atoms with E-state index < -0.39 is 0 Å². The summed E-state index contributed by atoms with van der Waals surface area (Å²) in [5.74, 6) is 1.52. The lowest BCUT2D eigenvalue weighted by atomic mass is 9.83. The van der Waals surface area contributed by atoms with Gasteiger partial charge in [-0.15, -0.1) is 0 Å². The van der Waals surface area contributed by atoms with Crippen LogP contribution in [0.3, 0.4) is 0 Å². The molecule has 2 aliphatic rings. The van der Waals surface area contributed by atoms with Gasteiger partial charge in [-0.1, -0.05) is 20.8 Å².